The third-order valence-corrected chi connectivity index (χ3v) is 5.44. The number of benzene rings is 1. The summed E-state index contributed by atoms with van der Waals surface area (Å²) in [4.78, 5) is 55.8. The van der Waals surface area contributed by atoms with Crippen LogP contribution in [0.4, 0.5) is 0 Å². The van der Waals surface area contributed by atoms with E-state index in [1.165, 1.54) is 52.0 Å². The van der Waals surface area contributed by atoms with Crippen LogP contribution in [0.15, 0.2) is 24.3 Å². The maximum atomic E-state index is 11.9. The molecule has 0 amide bonds. The first-order chi connectivity index (χ1) is 15.9. The van der Waals surface area contributed by atoms with Crippen LogP contribution in [0.1, 0.15) is 64.2 Å². The van der Waals surface area contributed by atoms with Gasteiger partial charge in [0.1, 0.15) is 0 Å². The lowest BCUT2D eigenvalue weighted by atomic mass is 9.89. The molecule has 0 saturated carbocycles. The van der Waals surface area contributed by atoms with Crippen LogP contribution in [0.3, 0.4) is 0 Å². The SMILES string of the molecule is Cc1nc(C)c(C(=O)O)c(-c2ccc(-c3c(C(=O)O)c(C)nc(C)c3C(=O)O)cc2)c1C(=O)O. The molecular weight excluding hydrogens is 444 g/mol. The van der Waals surface area contributed by atoms with Gasteiger partial charge in [-0.3, -0.25) is 9.97 Å². The van der Waals surface area contributed by atoms with Crippen LogP contribution in [0.2, 0.25) is 0 Å². The number of aromatic carboxylic acids is 4. The molecule has 0 fully saturated rings. The summed E-state index contributed by atoms with van der Waals surface area (Å²) in [7, 11) is 0. The lowest BCUT2D eigenvalue weighted by Gasteiger charge is -2.17. The molecule has 10 heteroatoms. The van der Waals surface area contributed by atoms with Crippen LogP contribution in [-0.2, 0) is 0 Å². The number of aryl methyl sites for hydroxylation is 4. The summed E-state index contributed by atoms with van der Waals surface area (Å²) in [6.45, 7) is 5.84. The number of rotatable bonds is 6. The standard InChI is InChI=1S/C24H20N2O8/c1-9-15(21(27)28)19(16(22(29)30)10(2)25-9)13-5-7-14(8-6-13)20-17(23(31)32)11(3)26-12(4)18(20)24(33)34/h5-8H,1-4H3,(H,27,28)(H,29,30)(H,31,32)(H,33,34). The quantitative estimate of drug-likeness (QED) is 0.419. The first kappa shape index (κ1) is 24.1. The molecule has 3 aromatic rings. The number of carboxylic acids is 4. The molecule has 0 unspecified atom stereocenters. The maximum Gasteiger partial charge on any atom is 0.338 e. The fourth-order valence-electron chi connectivity index (χ4n) is 4.13. The number of aromatic nitrogens is 2. The van der Waals surface area contributed by atoms with E-state index in [0.29, 0.717) is 0 Å². The number of nitrogens with zero attached hydrogens (tertiary/aromatic N) is 2. The average molecular weight is 464 g/mol. The monoisotopic (exact) mass is 464 g/mol. The summed E-state index contributed by atoms with van der Waals surface area (Å²) >= 11 is 0. The Morgan fingerprint density at radius 1 is 0.500 bits per heavy atom. The Morgan fingerprint density at radius 2 is 0.706 bits per heavy atom. The van der Waals surface area contributed by atoms with E-state index in [4.69, 9.17) is 0 Å². The zero-order chi connectivity index (χ0) is 25.5. The van der Waals surface area contributed by atoms with E-state index >= 15 is 0 Å². The summed E-state index contributed by atoms with van der Waals surface area (Å²) in [5.41, 5.74) is -0.170. The number of carbonyl (C=O) groups is 4. The Balaban J connectivity index is 2.36. The van der Waals surface area contributed by atoms with Crippen LogP contribution in [0.25, 0.3) is 22.3 Å². The first-order valence-corrected chi connectivity index (χ1v) is 9.93. The van der Waals surface area contributed by atoms with E-state index in [-0.39, 0.29) is 67.3 Å². The molecule has 0 saturated heterocycles. The van der Waals surface area contributed by atoms with E-state index in [1.54, 1.807) is 0 Å². The molecule has 34 heavy (non-hydrogen) atoms. The van der Waals surface area contributed by atoms with E-state index in [9.17, 15) is 39.6 Å². The number of hydrogen-bond acceptors (Lipinski definition) is 6. The van der Waals surface area contributed by atoms with Crippen molar-refractivity contribution in [3.63, 3.8) is 0 Å². The number of hydrogen-bond donors (Lipinski definition) is 4. The molecule has 2 aromatic heterocycles. The van der Waals surface area contributed by atoms with Gasteiger partial charge < -0.3 is 20.4 Å². The molecule has 4 N–H and O–H groups in total. The Labute approximate surface area is 193 Å². The highest BCUT2D eigenvalue weighted by atomic mass is 16.4. The summed E-state index contributed by atoms with van der Waals surface area (Å²) in [6.07, 6.45) is 0. The van der Waals surface area contributed by atoms with Crippen molar-refractivity contribution < 1.29 is 39.6 Å². The van der Waals surface area contributed by atoms with Crippen LogP contribution in [0.5, 0.6) is 0 Å². The molecule has 0 bridgehead atoms. The molecule has 10 nitrogen and oxygen atoms in total. The fourth-order valence-corrected chi connectivity index (χ4v) is 4.13. The Bertz CT molecular complexity index is 1210. The summed E-state index contributed by atoms with van der Waals surface area (Å²) in [5.74, 6) is -5.41. The molecule has 0 radical (unpaired) electrons. The normalized spacial score (nSPS) is 10.7. The van der Waals surface area contributed by atoms with Gasteiger partial charge in [0.05, 0.1) is 45.0 Å². The minimum Gasteiger partial charge on any atom is -0.478 e. The molecule has 2 heterocycles. The third kappa shape index (κ3) is 3.96. The highest BCUT2D eigenvalue weighted by Crippen LogP contribution is 2.36. The number of carboxylic acid groups (broad SMARTS) is 4. The van der Waals surface area contributed by atoms with Crippen molar-refractivity contribution in [3.05, 3.63) is 69.3 Å². The second-order valence-electron chi connectivity index (χ2n) is 7.61. The van der Waals surface area contributed by atoms with E-state index in [2.05, 4.69) is 9.97 Å². The molecule has 0 atom stereocenters. The van der Waals surface area contributed by atoms with Gasteiger partial charge in [-0.15, -0.1) is 0 Å². The van der Waals surface area contributed by atoms with Crippen molar-refractivity contribution in [1.82, 2.24) is 9.97 Å². The van der Waals surface area contributed by atoms with E-state index < -0.39 is 23.9 Å². The molecular formula is C24H20N2O8. The van der Waals surface area contributed by atoms with Gasteiger partial charge in [-0.1, -0.05) is 24.3 Å². The molecule has 1 aromatic carbocycles. The predicted molar refractivity (Wildman–Crippen MR) is 120 cm³/mol. The molecule has 0 aliphatic heterocycles. The minimum absolute atomic E-state index is 0.0458. The minimum atomic E-state index is -1.35. The largest absolute Gasteiger partial charge is 0.478 e. The zero-order valence-corrected chi connectivity index (χ0v) is 18.6. The van der Waals surface area contributed by atoms with Gasteiger partial charge >= 0.3 is 23.9 Å². The third-order valence-electron chi connectivity index (χ3n) is 5.44. The predicted octanol–water partition coefficient (Wildman–Crippen LogP) is 3.84. The fraction of sp³-hybridized carbons (Fsp3) is 0.167. The van der Waals surface area contributed by atoms with Crippen LogP contribution >= 0.6 is 0 Å². The van der Waals surface area contributed by atoms with E-state index in [1.807, 2.05) is 0 Å². The Kier molecular flexibility index (Phi) is 6.18. The van der Waals surface area contributed by atoms with Gasteiger partial charge in [0.25, 0.3) is 0 Å². The van der Waals surface area contributed by atoms with Crippen molar-refractivity contribution in [1.29, 1.82) is 0 Å². The van der Waals surface area contributed by atoms with Crippen molar-refractivity contribution in [3.8, 4) is 22.3 Å². The van der Waals surface area contributed by atoms with Crippen molar-refractivity contribution >= 4 is 23.9 Å². The molecule has 0 spiro atoms. The van der Waals surface area contributed by atoms with E-state index in [0.717, 1.165) is 0 Å². The molecule has 0 aliphatic carbocycles. The van der Waals surface area contributed by atoms with Crippen molar-refractivity contribution in [2.24, 2.45) is 0 Å². The van der Waals surface area contributed by atoms with Gasteiger partial charge in [0, 0.05) is 11.1 Å². The van der Waals surface area contributed by atoms with Gasteiger partial charge in [0.2, 0.25) is 0 Å². The summed E-state index contributed by atoms with van der Waals surface area (Å²) in [5, 5.41) is 38.9. The number of pyridine rings is 2. The summed E-state index contributed by atoms with van der Waals surface area (Å²) in [6, 6.07) is 5.69. The Hall–Kier alpha value is -4.60. The molecule has 3 rings (SSSR count). The lowest BCUT2D eigenvalue weighted by Crippen LogP contribution is -2.14. The highest BCUT2D eigenvalue weighted by molar-refractivity contribution is 6.08. The van der Waals surface area contributed by atoms with Crippen LogP contribution in [0, 0.1) is 27.7 Å². The van der Waals surface area contributed by atoms with Gasteiger partial charge in [-0.25, -0.2) is 19.2 Å². The summed E-state index contributed by atoms with van der Waals surface area (Å²) < 4.78 is 0. The molecule has 0 aliphatic rings. The topological polar surface area (TPSA) is 175 Å². The van der Waals surface area contributed by atoms with Crippen molar-refractivity contribution in [2.45, 2.75) is 27.7 Å². The van der Waals surface area contributed by atoms with Gasteiger partial charge in [-0.2, -0.15) is 0 Å². The lowest BCUT2D eigenvalue weighted by molar-refractivity contribution is 0.0675. The van der Waals surface area contributed by atoms with Crippen molar-refractivity contribution in [2.75, 3.05) is 0 Å². The first-order valence-electron chi connectivity index (χ1n) is 9.93. The van der Waals surface area contributed by atoms with Gasteiger partial charge in [-0.05, 0) is 38.8 Å². The molecule has 174 valence electrons. The zero-order valence-electron chi connectivity index (χ0n) is 18.6. The van der Waals surface area contributed by atoms with Gasteiger partial charge in [0.15, 0.2) is 0 Å². The average Bonchev–Trinajstić information content (AvgIpc) is 2.71. The second kappa shape index (κ2) is 8.74. The maximum absolute atomic E-state index is 11.9. The van der Waals surface area contributed by atoms with Crippen LogP contribution < -0.4 is 0 Å². The highest BCUT2D eigenvalue weighted by Gasteiger charge is 2.28. The Morgan fingerprint density at radius 3 is 0.882 bits per heavy atom. The second-order valence-corrected chi connectivity index (χ2v) is 7.61. The van der Waals surface area contributed by atoms with Crippen LogP contribution in [-0.4, -0.2) is 54.3 Å². The smallest absolute Gasteiger partial charge is 0.338 e.